The van der Waals surface area contributed by atoms with Gasteiger partial charge in [0.25, 0.3) is 0 Å². The smallest absolute Gasteiger partial charge is 0.237 e. The number of amides is 1. The van der Waals surface area contributed by atoms with Gasteiger partial charge in [-0.25, -0.2) is 4.39 Å². The number of nitrogens with two attached hydrogens (primary N) is 1. The Morgan fingerprint density at radius 3 is 2.71 bits per heavy atom. The maximum Gasteiger partial charge on any atom is 0.237 e. The van der Waals surface area contributed by atoms with Crippen molar-refractivity contribution >= 4 is 28.1 Å². The fourth-order valence-corrected chi connectivity index (χ4v) is 2.90. The van der Waals surface area contributed by atoms with Gasteiger partial charge in [-0.3, -0.25) is 9.00 Å². The van der Waals surface area contributed by atoms with Gasteiger partial charge in [-0.15, -0.1) is 0 Å². The molecule has 21 heavy (non-hydrogen) atoms. The highest BCUT2D eigenvalue weighted by Crippen LogP contribution is 2.19. The highest BCUT2D eigenvalue weighted by molar-refractivity contribution is 7.86. The Labute approximate surface area is 124 Å². The molecule has 0 saturated heterocycles. The Morgan fingerprint density at radius 1 is 1.29 bits per heavy atom. The van der Waals surface area contributed by atoms with Gasteiger partial charge in [0.15, 0.2) is 0 Å². The summed E-state index contributed by atoms with van der Waals surface area (Å²) in [7, 11) is -1.58. The second-order valence-corrected chi connectivity index (χ2v) is 5.98. The van der Waals surface area contributed by atoms with Crippen LogP contribution in [0.1, 0.15) is 5.56 Å². The molecule has 1 atom stereocenters. The average molecular weight is 306 g/mol. The molecular weight excluding hydrogens is 291 g/mol. The molecule has 0 saturated carbocycles. The summed E-state index contributed by atoms with van der Waals surface area (Å²) >= 11 is 0. The molecule has 0 aliphatic carbocycles. The van der Waals surface area contributed by atoms with Crippen LogP contribution in [0.4, 0.5) is 15.8 Å². The fourth-order valence-electron chi connectivity index (χ4n) is 1.78. The highest BCUT2D eigenvalue weighted by atomic mass is 32.2. The van der Waals surface area contributed by atoms with Crippen LogP contribution in [0, 0.1) is 12.7 Å². The normalized spacial score (nSPS) is 11.9. The van der Waals surface area contributed by atoms with Crippen molar-refractivity contribution in [1.82, 2.24) is 0 Å². The van der Waals surface area contributed by atoms with Gasteiger partial charge in [-0.2, -0.15) is 0 Å². The van der Waals surface area contributed by atoms with Crippen molar-refractivity contribution < 1.29 is 13.4 Å². The van der Waals surface area contributed by atoms with E-state index in [4.69, 9.17) is 5.73 Å². The second-order valence-electron chi connectivity index (χ2n) is 4.56. The Balaban J connectivity index is 2.08. The number of anilines is 2. The number of rotatable bonds is 4. The van der Waals surface area contributed by atoms with E-state index in [2.05, 4.69) is 5.32 Å². The highest BCUT2D eigenvalue weighted by Gasteiger charge is 2.14. The van der Waals surface area contributed by atoms with Gasteiger partial charge < -0.3 is 11.1 Å². The van der Waals surface area contributed by atoms with E-state index in [1.807, 2.05) is 6.92 Å². The van der Waals surface area contributed by atoms with E-state index >= 15 is 0 Å². The van der Waals surface area contributed by atoms with Crippen LogP contribution in [0.25, 0.3) is 0 Å². The van der Waals surface area contributed by atoms with E-state index in [0.717, 1.165) is 5.56 Å². The molecule has 2 aromatic carbocycles. The number of para-hydroxylation sites is 1. The summed E-state index contributed by atoms with van der Waals surface area (Å²) < 4.78 is 25.6. The molecule has 0 heterocycles. The van der Waals surface area contributed by atoms with E-state index in [0.29, 0.717) is 10.6 Å². The minimum atomic E-state index is -1.58. The number of nitrogens with one attached hydrogen (secondary N) is 1. The molecule has 2 rings (SSSR count). The molecule has 0 radical (unpaired) electrons. The van der Waals surface area contributed by atoms with Gasteiger partial charge in [-0.05, 0) is 36.8 Å². The Hall–Kier alpha value is -2.21. The second kappa shape index (κ2) is 6.49. The summed E-state index contributed by atoms with van der Waals surface area (Å²) in [4.78, 5) is 12.2. The van der Waals surface area contributed by atoms with Crippen LogP contribution in [-0.2, 0) is 15.6 Å². The van der Waals surface area contributed by atoms with Crippen LogP contribution >= 0.6 is 0 Å². The van der Waals surface area contributed by atoms with Gasteiger partial charge in [0, 0.05) is 5.69 Å². The van der Waals surface area contributed by atoms with Crippen molar-refractivity contribution in [3.05, 3.63) is 53.8 Å². The van der Waals surface area contributed by atoms with Crippen molar-refractivity contribution in [2.45, 2.75) is 11.8 Å². The molecular formula is C15H15FN2O2S. The third-order valence-corrected chi connectivity index (χ3v) is 4.19. The van der Waals surface area contributed by atoms with Gasteiger partial charge in [0.05, 0.1) is 21.4 Å². The van der Waals surface area contributed by atoms with Crippen LogP contribution in [0.3, 0.4) is 0 Å². The van der Waals surface area contributed by atoms with E-state index in [9.17, 15) is 13.4 Å². The Bertz CT molecular complexity index is 704. The van der Waals surface area contributed by atoms with Crippen molar-refractivity contribution in [1.29, 1.82) is 0 Å². The molecule has 1 unspecified atom stereocenters. The number of benzene rings is 2. The van der Waals surface area contributed by atoms with Crippen molar-refractivity contribution in [2.75, 3.05) is 16.8 Å². The van der Waals surface area contributed by atoms with Gasteiger partial charge in [-0.1, -0.05) is 18.2 Å². The first kappa shape index (κ1) is 15.2. The summed E-state index contributed by atoms with van der Waals surface area (Å²) in [6.07, 6.45) is 0. The SMILES string of the molecule is Cc1ccc(N)c(S(=O)CC(=O)Nc2ccccc2F)c1. The van der Waals surface area contributed by atoms with E-state index in [1.165, 1.54) is 18.2 Å². The summed E-state index contributed by atoms with van der Waals surface area (Å²) in [6, 6.07) is 10.9. The average Bonchev–Trinajstić information content (AvgIpc) is 2.44. The monoisotopic (exact) mass is 306 g/mol. The fraction of sp³-hybridized carbons (Fsp3) is 0.133. The standard InChI is InChI=1S/C15H15FN2O2S/c1-10-6-7-12(17)14(8-10)21(20)9-15(19)18-13-5-3-2-4-11(13)16/h2-8H,9,17H2,1H3,(H,18,19). The van der Waals surface area contributed by atoms with Crippen LogP contribution in [0.2, 0.25) is 0 Å². The quantitative estimate of drug-likeness (QED) is 0.852. The number of halogens is 1. The third-order valence-electron chi connectivity index (χ3n) is 2.82. The lowest BCUT2D eigenvalue weighted by atomic mass is 10.2. The van der Waals surface area contributed by atoms with Crippen LogP contribution in [0.5, 0.6) is 0 Å². The molecule has 2 aromatic rings. The van der Waals surface area contributed by atoms with Crippen molar-refractivity contribution in [2.24, 2.45) is 0 Å². The lowest BCUT2D eigenvalue weighted by molar-refractivity contribution is -0.113. The predicted molar refractivity (Wildman–Crippen MR) is 81.9 cm³/mol. The van der Waals surface area contributed by atoms with Gasteiger partial charge in [0.1, 0.15) is 11.6 Å². The lowest BCUT2D eigenvalue weighted by Crippen LogP contribution is -2.20. The Kier molecular flexibility index (Phi) is 4.70. The maximum atomic E-state index is 13.4. The predicted octanol–water partition coefficient (Wildman–Crippen LogP) is 2.46. The number of aryl methyl sites for hydroxylation is 1. The summed E-state index contributed by atoms with van der Waals surface area (Å²) in [5.74, 6) is -1.34. The zero-order valence-electron chi connectivity index (χ0n) is 11.4. The first-order valence-corrected chi connectivity index (χ1v) is 7.58. The number of hydrogen-bond donors (Lipinski definition) is 2. The zero-order chi connectivity index (χ0) is 15.4. The van der Waals surface area contributed by atoms with E-state index in [1.54, 1.807) is 24.3 Å². The molecule has 0 aliphatic rings. The molecule has 0 aromatic heterocycles. The lowest BCUT2D eigenvalue weighted by Gasteiger charge is -2.08. The minimum absolute atomic E-state index is 0.0664. The largest absolute Gasteiger partial charge is 0.398 e. The molecule has 0 bridgehead atoms. The number of nitrogen functional groups attached to an aromatic ring is 1. The van der Waals surface area contributed by atoms with E-state index < -0.39 is 22.5 Å². The van der Waals surface area contributed by atoms with E-state index in [-0.39, 0.29) is 11.4 Å². The Morgan fingerprint density at radius 2 is 2.00 bits per heavy atom. The molecule has 0 fully saturated rings. The molecule has 0 aliphatic heterocycles. The third kappa shape index (κ3) is 3.88. The summed E-state index contributed by atoms with van der Waals surface area (Å²) in [6.45, 7) is 1.85. The number of carbonyl (C=O) groups is 1. The molecule has 3 N–H and O–H groups in total. The number of hydrogen-bond acceptors (Lipinski definition) is 3. The van der Waals surface area contributed by atoms with Gasteiger partial charge >= 0.3 is 0 Å². The topological polar surface area (TPSA) is 72.2 Å². The van der Waals surface area contributed by atoms with Crippen LogP contribution < -0.4 is 11.1 Å². The van der Waals surface area contributed by atoms with Gasteiger partial charge in [0.2, 0.25) is 5.91 Å². The zero-order valence-corrected chi connectivity index (χ0v) is 12.2. The van der Waals surface area contributed by atoms with Crippen molar-refractivity contribution in [3.8, 4) is 0 Å². The first-order valence-electron chi connectivity index (χ1n) is 6.26. The minimum Gasteiger partial charge on any atom is -0.398 e. The summed E-state index contributed by atoms with van der Waals surface area (Å²) in [5.41, 5.74) is 7.10. The molecule has 0 spiro atoms. The first-order chi connectivity index (χ1) is 9.97. The van der Waals surface area contributed by atoms with Crippen LogP contribution in [0.15, 0.2) is 47.4 Å². The maximum absolute atomic E-state index is 13.4. The molecule has 4 nitrogen and oxygen atoms in total. The number of carbonyl (C=O) groups excluding carboxylic acids is 1. The van der Waals surface area contributed by atoms with Crippen molar-refractivity contribution in [3.63, 3.8) is 0 Å². The van der Waals surface area contributed by atoms with Crippen LogP contribution in [-0.4, -0.2) is 15.9 Å². The molecule has 6 heteroatoms. The molecule has 110 valence electrons. The summed E-state index contributed by atoms with van der Waals surface area (Å²) in [5, 5.41) is 2.40. The molecule has 1 amide bonds.